The van der Waals surface area contributed by atoms with Gasteiger partial charge < -0.3 is 4.72 Å². The smallest absolute Gasteiger partial charge is 0.572 e. The van der Waals surface area contributed by atoms with Crippen LogP contribution in [0.1, 0.15) is 0 Å². The van der Waals surface area contributed by atoms with Crippen molar-refractivity contribution in [3.63, 3.8) is 0 Å². The average molecular weight is 619 g/mol. The molecule has 0 bridgehead atoms. The predicted molar refractivity (Wildman–Crippen MR) is 141 cm³/mol. The monoisotopic (exact) mass is 618 g/mol. The minimum atomic E-state index is -4.26. The first kappa shape index (κ1) is 29.9. The van der Waals surface area contributed by atoms with Crippen molar-refractivity contribution in [3.05, 3.63) is 149 Å². The molecule has 0 radical (unpaired) electrons. The summed E-state index contributed by atoms with van der Waals surface area (Å²) >= 11 is 0. The molecule has 11 heteroatoms. The van der Waals surface area contributed by atoms with Gasteiger partial charge in [0.2, 0.25) is 0 Å². The third-order valence-electron chi connectivity index (χ3n) is 4.54. The number of nitro groups is 1. The molecular weight excluding hydrogens is 597 g/mol. The maximum absolute atomic E-state index is 12.6. The van der Waals surface area contributed by atoms with Crippen LogP contribution in [0.5, 0.6) is 0 Å². The van der Waals surface area contributed by atoms with Crippen LogP contribution in [0.2, 0.25) is 0 Å². The van der Waals surface area contributed by atoms with E-state index in [0.29, 0.717) is 11.3 Å². The Morgan fingerprint density at radius 3 is 1.68 bits per heavy atom. The summed E-state index contributed by atoms with van der Waals surface area (Å²) in [6.45, 7) is 0. The van der Waals surface area contributed by atoms with E-state index < -0.39 is 25.5 Å². The summed E-state index contributed by atoms with van der Waals surface area (Å²) in [5, 5.41) is 11.1. The number of benzene rings is 2. The molecule has 194 valence electrons. The Kier molecular flexibility index (Phi) is 12.4. The van der Waals surface area contributed by atoms with Crippen molar-refractivity contribution in [1.82, 2.24) is 15.0 Å². The fourth-order valence-electron chi connectivity index (χ4n) is 2.92. The van der Waals surface area contributed by atoms with Crippen molar-refractivity contribution in [2.24, 2.45) is 0 Å². The Labute approximate surface area is 234 Å². The molecule has 0 fully saturated rings. The summed E-state index contributed by atoms with van der Waals surface area (Å²) in [6.07, 6.45) is 8.59. The van der Waals surface area contributed by atoms with Crippen molar-refractivity contribution in [2.75, 3.05) is 0 Å². The number of hydrogen-bond acceptors (Lipinski definition) is 7. The van der Waals surface area contributed by atoms with Crippen molar-refractivity contribution < 1.29 is 33.8 Å². The van der Waals surface area contributed by atoms with Gasteiger partial charge in [0.05, 0.1) is 10.6 Å². The van der Waals surface area contributed by atoms with Gasteiger partial charge in [-0.3, -0.25) is 25.1 Å². The number of para-hydroxylation sites is 1. The topological polar surface area (TPSA) is 130 Å². The molecule has 0 spiro atoms. The average Bonchev–Trinajstić information content (AvgIpc) is 2.96. The molecule has 0 N–H and O–H groups in total. The second-order valence-corrected chi connectivity index (χ2v) is 8.64. The van der Waals surface area contributed by atoms with Crippen molar-refractivity contribution in [3.8, 4) is 11.3 Å². The van der Waals surface area contributed by atoms with Crippen LogP contribution in [0.4, 0.5) is 11.4 Å². The molecule has 2 aromatic carbocycles. The number of nitrogens with zero attached hydrogens (tertiary/aromatic N) is 5. The predicted octanol–water partition coefficient (Wildman–Crippen LogP) is 6.21. The van der Waals surface area contributed by atoms with Gasteiger partial charge >= 0.3 is 20.4 Å². The van der Waals surface area contributed by atoms with Gasteiger partial charge in [0, 0.05) is 37.1 Å². The van der Waals surface area contributed by atoms with E-state index in [4.69, 9.17) is 0 Å². The Bertz CT molecular complexity index is 1410. The van der Waals surface area contributed by atoms with E-state index in [0.717, 1.165) is 6.07 Å². The Morgan fingerprint density at radius 2 is 1.18 bits per heavy atom. The van der Waals surface area contributed by atoms with E-state index >= 15 is 0 Å². The second kappa shape index (κ2) is 15.7. The molecule has 5 rings (SSSR count). The van der Waals surface area contributed by atoms with Crippen molar-refractivity contribution in [1.29, 1.82) is 0 Å². The van der Waals surface area contributed by atoms with Gasteiger partial charge in [0.15, 0.2) is 0 Å². The Balaban J connectivity index is 0.000000319. The van der Waals surface area contributed by atoms with Gasteiger partial charge in [-0.05, 0) is 48.0 Å². The molecule has 0 saturated heterocycles. The molecule has 0 unspecified atom stereocenters. The zero-order valence-corrected chi connectivity index (χ0v) is 22.2. The molecule has 3 aromatic heterocycles. The van der Waals surface area contributed by atoms with E-state index in [9.17, 15) is 18.5 Å². The molecule has 3 heterocycles. The molecule has 0 saturated carbocycles. The SMILES string of the molecule is O=[N+]([O-])c1ccccc1S(=O)(=O)[N-]c1ccccc1-c1ccccn1.[Pd+2].c1ccncc1.c1ccncc1. The van der Waals surface area contributed by atoms with Crippen LogP contribution in [-0.4, -0.2) is 28.3 Å². The number of hydrogen-bond donors (Lipinski definition) is 0. The van der Waals surface area contributed by atoms with Crippen LogP contribution < -0.4 is 0 Å². The molecular formula is C27H22N5O4PdS+. The van der Waals surface area contributed by atoms with Crippen LogP contribution in [0.25, 0.3) is 16.0 Å². The first-order valence-electron chi connectivity index (χ1n) is 10.9. The summed E-state index contributed by atoms with van der Waals surface area (Å²) in [7, 11) is -4.26. The summed E-state index contributed by atoms with van der Waals surface area (Å²) in [5.74, 6) is 0. The molecule has 0 amide bonds. The van der Waals surface area contributed by atoms with Gasteiger partial charge in [-0.1, -0.05) is 54.6 Å². The van der Waals surface area contributed by atoms with Crippen LogP contribution in [-0.2, 0) is 30.4 Å². The van der Waals surface area contributed by atoms with Crippen LogP contribution in [0.15, 0.2) is 139 Å². The van der Waals surface area contributed by atoms with Gasteiger partial charge in [0.1, 0.15) is 14.9 Å². The van der Waals surface area contributed by atoms with Crippen LogP contribution in [0, 0.1) is 10.1 Å². The molecule has 5 aromatic rings. The maximum Gasteiger partial charge on any atom is 2.00 e. The first-order chi connectivity index (χ1) is 18.0. The minimum Gasteiger partial charge on any atom is -0.572 e. The van der Waals surface area contributed by atoms with E-state index in [1.165, 1.54) is 24.3 Å². The van der Waals surface area contributed by atoms with E-state index in [2.05, 4.69) is 19.7 Å². The zero-order valence-electron chi connectivity index (χ0n) is 19.8. The van der Waals surface area contributed by atoms with E-state index in [1.54, 1.807) is 67.4 Å². The number of sulfonamides is 1. The molecule has 38 heavy (non-hydrogen) atoms. The fourth-order valence-corrected chi connectivity index (χ4v) is 4.10. The number of nitro benzene ring substituents is 1. The van der Waals surface area contributed by atoms with Crippen LogP contribution in [0.3, 0.4) is 0 Å². The van der Waals surface area contributed by atoms with E-state index in [1.807, 2.05) is 36.4 Å². The third kappa shape index (κ3) is 9.29. The normalized spacial score (nSPS) is 9.79. The maximum atomic E-state index is 12.6. The molecule has 0 aliphatic heterocycles. The van der Waals surface area contributed by atoms with Crippen molar-refractivity contribution in [2.45, 2.75) is 4.90 Å². The Morgan fingerprint density at radius 1 is 0.658 bits per heavy atom. The van der Waals surface area contributed by atoms with Gasteiger partial charge in [-0.2, -0.15) is 0 Å². The molecule has 0 aliphatic rings. The minimum absolute atomic E-state index is 0. The largest absolute Gasteiger partial charge is 2.00 e. The fraction of sp³-hybridized carbons (Fsp3) is 0. The number of pyridine rings is 3. The summed E-state index contributed by atoms with van der Waals surface area (Å²) in [5.41, 5.74) is 0.728. The van der Waals surface area contributed by atoms with Crippen LogP contribution >= 0.6 is 0 Å². The molecule has 9 nitrogen and oxygen atoms in total. The first-order valence-corrected chi connectivity index (χ1v) is 12.3. The number of aromatic nitrogens is 3. The molecule has 0 aliphatic carbocycles. The summed E-state index contributed by atoms with van der Waals surface area (Å²) in [4.78, 5) is 21.7. The standard InChI is InChI=1S/C17H12N3O4S.2C5H5N.Pd/c21-20(22)16-10-3-4-11-17(16)25(23,24)19-15-9-2-1-7-13(15)14-8-5-6-12-18-14;2*1-2-4-6-5-3-1;/h1-12H;2*1-5H;/q-1;;;+2. The van der Waals surface area contributed by atoms with Gasteiger partial charge in [0.25, 0.3) is 5.69 Å². The van der Waals surface area contributed by atoms with Gasteiger partial charge in [-0.25, -0.2) is 8.42 Å². The van der Waals surface area contributed by atoms with Crippen molar-refractivity contribution >= 4 is 21.4 Å². The quantitative estimate of drug-likeness (QED) is 0.130. The van der Waals surface area contributed by atoms with E-state index in [-0.39, 0.29) is 26.1 Å². The second-order valence-electron chi connectivity index (χ2n) is 7.07. The summed E-state index contributed by atoms with van der Waals surface area (Å²) < 4.78 is 29.0. The Hall–Kier alpha value is -4.30. The summed E-state index contributed by atoms with van der Waals surface area (Å²) in [6, 6.07) is 28.4. The third-order valence-corrected chi connectivity index (χ3v) is 5.87. The molecule has 0 atom stereocenters. The van der Waals surface area contributed by atoms with Gasteiger partial charge in [-0.15, -0.1) is 5.69 Å². The zero-order chi connectivity index (χ0) is 26.3. The number of rotatable bonds is 5.